The van der Waals surface area contributed by atoms with E-state index in [1.165, 1.54) is 25.7 Å². The van der Waals surface area contributed by atoms with Crippen molar-refractivity contribution in [3.05, 3.63) is 0 Å². The molecule has 0 aromatic carbocycles. The molecule has 2 bridgehead atoms. The number of carboxylic acid groups (broad SMARTS) is 1. The highest BCUT2D eigenvalue weighted by molar-refractivity contribution is 5.70. The molecule has 2 fully saturated rings. The summed E-state index contributed by atoms with van der Waals surface area (Å²) in [6.45, 7) is 5.85. The van der Waals surface area contributed by atoms with Gasteiger partial charge in [0.05, 0.1) is 5.92 Å². The summed E-state index contributed by atoms with van der Waals surface area (Å²) >= 11 is 0. The van der Waals surface area contributed by atoms with Gasteiger partial charge in [0.15, 0.2) is 0 Å². The smallest absolute Gasteiger partial charge is 0.307 e. The highest BCUT2D eigenvalue weighted by Crippen LogP contribution is 2.47. The lowest BCUT2D eigenvalue weighted by molar-refractivity contribution is -0.142. The zero-order valence-corrected chi connectivity index (χ0v) is 11.7. The van der Waals surface area contributed by atoms with Gasteiger partial charge in [-0.15, -0.1) is 0 Å². The minimum absolute atomic E-state index is 0.219. The maximum atomic E-state index is 11.1. The summed E-state index contributed by atoms with van der Waals surface area (Å²) in [5, 5.41) is 12.6. The molecule has 2 N–H and O–H groups in total. The average molecular weight is 253 g/mol. The fourth-order valence-electron chi connectivity index (χ4n) is 3.91. The van der Waals surface area contributed by atoms with E-state index in [-0.39, 0.29) is 5.92 Å². The number of aliphatic carboxylic acids is 1. The Kier molecular flexibility index (Phi) is 4.66. The Morgan fingerprint density at radius 3 is 2.61 bits per heavy atom. The van der Waals surface area contributed by atoms with Crippen LogP contribution in [0.3, 0.4) is 0 Å². The molecule has 0 aliphatic heterocycles. The summed E-state index contributed by atoms with van der Waals surface area (Å²) in [5.74, 6) is 2.31. The van der Waals surface area contributed by atoms with E-state index >= 15 is 0 Å². The van der Waals surface area contributed by atoms with Crippen LogP contribution >= 0.6 is 0 Å². The molecule has 18 heavy (non-hydrogen) atoms. The number of carbonyl (C=O) groups is 1. The van der Waals surface area contributed by atoms with Crippen molar-refractivity contribution in [2.45, 2.75) is 46.0 Å². The van der Waals surface area contributed by atoms with Crippen LogP contribution < -0.4 is 5.32 Å². The second-order valence-electron chi connectivity index (χ2n) is 6.76. The molecule has 2 rings (SSSR count). The molecule has 0 amide bonds. The van der Waals surface area contributed by atoms with Crippen molar-refractivity contribution >= 4 is 5.97 Å². The van der Waals surface area contributed by atoms with Crippen LogP contribution in [-0.2, 0) is 4.79 Å². The second kappa shape index (κ2) is 6.05. The molecular weight excluding hydrogens is 226 g/mol. The summed E-state index contributed by atoms with van der Waals surface area (Å²) in [6, 6.07) is 0. The lowest BCUT2D eigenvalue weighted by Gasteiger charge is -2.23. The molecule has 3 nitrogen and oxygen atoms in total. The molecule has 3 heteroatoms. The van der Waals surface area contributed by atoms with E-state index in [1.807, 2.05) is 0 Å². The van der Waals surface area contributed by atoms with Crippen LogP contribution in [-0.4, -0.2) is 24.2 Å². The Hall–Kier alpha value is -0.570. The number of hydrogen-bond donors (Lipinski definition) is 2. The van der Waals surface area contributed by atoms with Crippen LogP contribution in [0.25, 0.3) is 0 Å². The minimum Gasteiger partial charge on any atom is -0.481 e. The van der Waals surface area contributed by atoms with Crippen molar-refractivity contribution in [2.75, 3.05) is 13.1 Å². The van der Waals surface area contributed by atoms with E-state index < -0.39 is 5.97 Å². The highest BCUT2D eigenvalue weighted by atomic mass is 16.4. The zero-order valence-electron chi connectivity index (χ0n) is 11.7. The van der Waals surface area contributed by atoms with Gasteiger partial charge in [-0.25, -0.2) is 0 Å². The van der Waals surface area contributed by atoms with Crippen molar-refractivity contribution in [3.8, 4) is 0 Å². The molecule has 4 atom stereocenters. The van der Waals surface area contributed by atoms with E-state index in [4.69, 9.17) is 0 Å². The van der Waals surface area contributed by atoms with E-state index in [0.717, 1.165) is 30.7 Å². The Labute approximate surface area is 110 Å². The predicted octanol–water partition coefficient (Wildman–Crippen LogP) is 2.76. The molecule has 0 saturated heterocycles. The Bertz CT molecular complexity index is 290. The first kappa shape index (κ1) is 13.9. The molecular formula is C15H27NO2. The van der Waals surface area contributed by atoms with Gasteiger partial charge in [0.25, 0.3) is 0 Å². The summed E-state index contributed by atoms with van der Waals surface area (Å²) < 4.78 is 0. The predicted molar refractivity (Wildman–Crippen MR) is 72.4 cm³/mol. The number of rotatable bonds is 7. The van der Waals surface area contributed by atoms with Crippen LogP contribution in [0.15, 0.2) is 0 Å². The molecule has 0 aromatic rings. The summed E-state index contributed by atoms with van der Waals surface area (Å²) in [5.41, 5.74) is 0. The third-order valence-corrected chi connectivity index (χ3v) is 4.79. The first-order valence-electron chi connectivity index (χ1n) is 7.49. The third-order valence-electron chi connectivity index (χ3n) is 4.79. The van der Waals surface area contributed by atoms with Crippen LogP contribution in [0.4, 0.5) is 0 Å². The molecule has 0 heterocycles. The van der Waals surface area contributed by atoms with Crippen molar-refractivity contribution < 1.29 is 9.90 Å². The average Bonchev–Trinajstić information content (AvgIpc) is 2.88. The van der Waals surface area contributed by atoms with E-state index in [0.29, 0.717) is 12.5 Å². The largest absolute Gasteiger partial charge is 0.481 e. The minimum atomic E-state index is -0.649. The molecule has 2 aliphatic rings. The van der Waals surface area contributed by atoms with Crippen molar-refractivity contribution in [2.24, 2.45) is 29.6 Å². The van der Waals surface area contributed by atoms with Crippen LogP contribution in [0.5, 0.6) is 0 Å². The Morgan fingerprint density at radius 2 is 2.11 bits per heavy atom. The summed E-state index contributed by atoms with van der Waals surface area (Å²) in [6.07, 6.45) is 6.43. The molecule has 2 saturated carbocycles. The van der Waals surface area contributed by atoms with Gasteiger partial charge in [-0.3, -0.25) is 4.79 Å². The second-order valence-corrected chi connectivity index (χ2v) is 6.76. The number of nitrogens with one attached hydrogen (secondary N) is 1. The molecule has 4 unspecified atom stereocenters. The van der Waals surface area contributed by atoms with Crippen LogP contribution in [0, 0.1) is 29.6 Å². The number of carboxylic acids is 1. The fraction of sp³-hybridized carbons (Fsp3) is 0.933. The van der Waals surface area contributed by atoms with E-state index in [2.05, 4.69) is 19.2 Å². The molecule has 0 radical (unpaired) electrons. The van der Waals surface area contributed by atoms with Crippen LogP contribution in [0.2, 0.25) is 0 Å². The lowest BCUT2D eigenvalue weighted by atomic mass is 9.88. The quantitative estimate of drug-likeness (QED) is 0.733. The number of fused-ring (bicyclic) bond motifs is 2. The topological polar surface area (TPSA) is 49.3 Å². The van der Waals surface area contributed by atoms with E-state index in [1.54, 1.807) is 0 Å². The maximum Gasteiger partial charge on any atom is 0.307 e. The van der Waals surface area contributed by atoms with Crippen molar-refractivity contribution in [1.29, 1.82) is 0 Å². The third kappa shape index (κ3) is 3.47. The van der Waals surface area contributed by atoms with Gasteiger partial charge in [0.1, 0.15) is 0 Å². The monoisotopic (exact) mass is 253 g/mol. The van der Waals surface area contributed by atoms with Crippen molar-refractivity contribution in [1.82, 2.24) is 5.32 Å². The molecule has 0 spiro atoms. The first-order valence-corrected chi connectivity index (χ1v) is 7.49. The normalized spacial score (nSPS) is 32.1. The lowest BCUT2D eigenvalue weighted by Crippen LogP contribution is -2.34. The maximum absolute atomic E-state index is 11.1. The Balaban J connectivity index is 1.68. The summed E-state index contributed by atoms with van der Waals surface area (Å²) in [7, 11) is 0. The van der Waals surface area contributed by atoms with Gasteiger partial charge in [-0.2, -0.15) is 0 Å². The van der Waals surface area contributed by atoms with Gasteiger partial charge in [-0.1, -0.05) is 20.3 Å². The van der Waals surface area contributed by atoms with Gasteiger partial charge >= 0.3 is 5.97 Å². The summed E-state index contributed by atoms with van der Waals surface area (Å²) in [4.78, 5) is 11.1. The van der Waals surface area contributed by atoms with E-state index in [9.17, 15) is 9.90 Å². The molecule has 2 aliphatic carbocycles. The number of hydrogen-bond acceptors (Lipinski definition) is 2. The standard InChI is InChI=1S/C15H27NO2/c1-10(2)5-14(15(17)18)9-16-8-13-7-11-3-4-12(13)6-11/h10-14,16H,3-9H2,1-2H3,(H,17,18). The van der Waals surface area contributed by atoms with Gasteiger partial charge < -0.3 is 10.4 Å². The Morgan fingerprint density at radius 1 is 1.33 bits per heavy atom. The van der Waals surface area contributed by atoms with Gasteiger partial charge in [0.2, 0.25) is 0 Å². The van der Waals surface area contributed by atoms with Crippen molar-refractivity contribution in [3.63, 3.8) is 0 Å². The zero-order chi connectivity index (χ0) is 13.1. The molecule has 0 aromatic heterocycles. The van der Waals surface area contributed by atoms with Gasteiger partial charge in [-0.05, 0) is 55.9 Å². The first-order chi connectivity index (χ1) is 8.56. The molecule has 104 valence electrons. The van der Waals surface area contributed by atoms with Crippen LogP contribution in [0.1, 0.15) is 46.0 Å². The fourth-order valence-corrected chi connectivity index (χ4v) is 3.91. The van der Waals surface area contributed by atoms with Gasteiger partial charge in [0, 0.05) is 6.54 Å². The highest BCUT2D eigenvalue weighted by Gasteiger charge is 2.39. The SMILES string of the molecule is CC(C)CC(CNCC1CC2CCC1C2)C(=O)O.